The molecule has 3 rings (SSSR count). The fourth-order valence-electron chi connectivity index (χ4n) is 3.12. The van der Waals surface area contributed by atoms with Crippen LogP contribution in [0, 0.1) is 11.8 Å². The molecule has 0 bridgehead atoms. The van der Waals surface area contributed by atoms with Gasteiger partial charge in [0.15, 0.2) is 0 Å². The molecule has 5 nitrogen and oxygen atoms in total. The highest BCUT2D eigenvalue weighted by molar-refractivity contribution is 5.98. The lowest BCUT2D eigenvalue weighted by Gasteiger charge is -2.21. The van der Waals surface area contributed by atoms with Crippen LogP contribution in [0.5, 0.6) is 0 Å². The van der Waals surface area contributed by atoms with Crippen LogP contribution in [0.25, 0.3) is 0 Å². The van der Waals surface area contributed by atoms with E-state index >= 15 is 0 Å². The van der Waals surface area contributed by atoms with Gasteiger partial charge in [0, 0.05) is 38.3 Å². The highest BCUT2D eigenvalue weighted by atomic mass is 16.5. The Morgan fingerprint density at radius 1 is 1.25 bits per heavy atom. The van der Waals surface area contributed by atoms with Crippen molar-refractivity contribution in [1.29, 1.82) is 0 Å². The normalized spacial score (nSPS) is 25.1. The predicted molar refractivity (Wildman–Crippen MR) is 74.2 cm³/mol. The van der Waals surface area contributed by atoms with Crippen molar-refractivity contribution in [3.8, 4) is 0 Å². The maximum Gasteiger partial charge on any atom is 0.248 e. The number of benzene rings is 1. The number of likely N-dealkylation sites (tertiary alicyclic amines) is 1. The van der Waals surface area contributed by atoms with Crippen LogP contribution in [-0.2, 0) is 14.3 Å². The number of methoxy groups -OCH3 is 1. The van der Waals surface area contributed by atoms with Crippen molar-refractivity contribution in [3.05, 3.63) is 30.3 Å². The van der Waals surface area contributed by atoms with Gasteiger partial charge in [0.25, 0.3) is 0 Å². The largest absolute Gasteiger partial charge is 0.375 e. The zero-order chi connectivity index (χ0) is 14.1. The molecule has 106 valence electrons. The summed E-state index contributed by atoms with van der Waals surface area (Å²) < 4.78 is 4.87. The highest BCUT2D eigenvalue weighted by Gasteiger charge is 2.47. The Hall–Kier alpha value is -1.88. The van der Waals surface area contributed by atoms with E-state index in [4.69, 9.17) is 4.74 Å². The maximum absolute atomic E-state index is 12.5. The molecular formula is C15H18N2O3. The van der Waals surface area contributed by atoms with Gasteiger partial charge in [0.2, 0.25) is 11.8 Å². The smallest absolute Gasteiger partial charge is 0.248 e. The van der Waals surface area contributed by atoms with Gasteiger partial charge >= 0.3 is 0 Å². The van der Waals surface area contributed by atoms with E-state index in [1.54, 1.807) is 4.90 Å². The van der Waals surface area contributed by atoms with Crippen LogP contribution in [0.2, 0.25) is 0 Å². The van der Waals surface area contributed by atoms with E-state index in [1.807, 2.05) is 35.2 Å². The minimum atomic E-state index is -0.0592. The molecule has 0 unspecified atom stereocenters. The fraction of sp³-hybridized carbons (Fsp3) is 0.467. The minimum absolute atomic E-state index is 0.0269. The Morgan fingerprint density at radius 2 is 2.00 bits per heavy atom. The molecule has 0 aliphatic carbocycles. The molecule has 5 heteroatoms. The molecule has 0 radical (unpaired) electrons. The number of fused-ring (bicyclic) bond motifs is 1. The van der Waals surface area contributed by atoms with Crippen LogP contribution in [0.3, 0.4) is 0 Å². The van der Waals surface area contributed by atoms with Gasteiger partial charge in [0.05, 0.1) is 5.92 Å². The maximum atomic E-state index is 12.5. The van der Waals surface area contributed by atoms with Crippen molar-refractivity contribution < 1.29 is 14.3 Å². The Balaban J connectivity index is 1.70. The number of carbonyl (C=O) groups excluding carboxylic acids is 2. The zero-order valence-electron chi connectivity index (χ0n) is 11.5. The Labute approximate surface area is 118 Å². The first-order chi connectivity index (χ1) is 9.70. The minimum Gasteiger partial charge on any atom is -0.375 e. The number of rotatable bonds is 3. The summed E-state index contributed by atoms with van der Waals surface area (Å²) in [6.07, 6.45) is 0. The molecular weight excluding hydrogens is 256 g/mol. The molecule has 2 atom stereocenters. The number of ether oxygens (including phenoxy) is 1. The molecule has 2 heterocycles. The molecule has 0 spiro atoms. The highest BCUT2D eigenvalue weighted by Crippen LogP contribution is 2.34. The van der Waals surface area contributed by atoms with Crippen LogP contribution < -0.4 is 4.90 Å². The molecule has 2 saturated heterocycles. The second-order valence-corrected chi connectivity index (χ2v) is 5.38. The summed E-state index contributed by atoms with van der Waals surface area (Å²) >= 11 is 0. The molecule has 0 N–H and O–H groups in total. The van der Waals surface area contributed by atoms with Gasteiger partial charge in [-0.15, -0.1) is 0 Å². The van der Waals surface area contributed by atoms with Crippen molar-refractivity contribution >= 4 is 17.5 Å². The Bertz CT molecular complexity index is 517. The van der Waals surface area contributed by atoms with Gasteiger partial charge < -0.3 is 14.5 Å². The van der Waals surface area contributed by atoms with Crippen LogP contribution in [-0.4, -0.2) is 50.1 Å². The van der Waals surface area contributed by atoms with E-state index in [9.17, 15) is 9.59 Å². The molecule has 1 aromatic carbocycles. The average Bonchev–Trinajstić information content (AvgIpc) is 3.00. The lowest BCUT2D eigenvalue weighted by Crippen LogP contribution is -2.37. The van der Waals surface area contributed by atoms with Gasteiger partial charge in [-0.2, -0.15) is 0 Å². The van der Waals surface area contributed by atoms with Gasteiger partial charge in [0.1, 0.15) is 6.61 Å². The van der Waals surface area contributed by atoms with Crippen molar-refractivity contribution in [2.45, 2.75) is 0 Å². The lowest BCUT2D eigenvalue weighted by atomic mass is 10.0. The summed E-state index contributed by atoms with van der Waals surface area (Å²) in [7, 11) is 1.51. The molecule has 2 aliphatic heterocycles. The molecule has 2 amide bonds. The van der Waals surface area contributed by atoms with Crippen LogP contribution in [0.1, 0.15) is 0 Å². The molecule has 0 aromatic heterocycles. The molecule has 20 heavy (non-hydrogen) atoms. The third-order valence-electron chi connectivity index (χ3n) is 4.13. The van der Waals surface area contributed by atoms with Crippen molar-refractivity contribution in [1.82, 2.24) is 4.90 Å². The number of anilines is 1. The van der Waals surface area contributed by atoms with E-state index in [1.165, 1.54) is 7.11 Å². The van der Waals surface area contributed by atoms with Gasteiger partial charge in [-0.3, -0.25) is 9.59 Å². The number of hydrogen-bond acceptors (Lipinski definition) is 3. The van der Waals surface area contributed by atoms with E-state index in [2.05, 4.69) is 0 Å². The number of carbonyl (C=O) groups is 2. The third-order valence-corrected chi connectivity index (χ3v) is 4.13. The number of amides is 2. The van der Waals surface area contributed by atoms with Crippen molar-refractivity contribution in [2.24, 2.45) is 11.8 Å². The van der Waals surface area contributed by atoms with Crippen molar-refractivity contribution in [2.75, 3.05) is 38.3 Å². The monoisotopic (exact) mass is 274 g/mol. The standard InChI is InChI=1S/C15H18N2O3/c1-20-10-14(18)16-7-11-8-17(15(19)13(11)9-16)12-5-3-2-4-6-12/h2-6,11,13H,7-10H2,1H3/t11-,13+/m0/s1. The third kappa shape index (κ3) is 2.18. The van der Waals surface area contributed by atoms with E-state index in [-0.39, 0.29) is 30.3 Å². The first-order valence-electron chi connectivity index (χ1n) is 6.84. The topological polar surface area (TPSA) is 49.9 Å². The van der Waals surface area contributed by atoms with E-state index < -0.39 is 0 Å². The molecule has 0 saturated carbocycles. The summed E-state index contributed by atoms with van der Waals surface area (Å²) in [4.78, 5) is 27.9. The summed E-state index contributed by atoms with van der Waals surface area (Å²) in [5.74, 6) is 0.286. The summed E-state index contributed by atoms with van der Waals surface area (Å²) in [6, 6.07) is 9.71. The number of nitrogens with zero attached hydrogens (tertiary/aromatic N) is 2. The van der Waals surface area contributed by atoms with Crippen LogP contribution >= 0.6 is 0 Å². The first kappa shape index (κ1) is 13.1. The van der Waals surface area contributed by atoms with E-state index in [0.717, 1.165) is 5.69 Å². The van der Waals surface area contributed by atoms with Crippen LogP contribution in [0.15, 0.2) is 30.3 Å². The Kier molecular flexibility index (Phi) is 3.44. The Morgan fingerprint density at radius 3 is 2.65 bits per heavy atom. The van der Waals surface area contributed by atoms with Gasteiger partial charge in [-0.05, 0) is 12.1 Å². The second-order valence-electron chi connectivity index (χ2n) is 5.38. The molecule has 2 fully saturated rings. The van der Waals surface area contributed by atoms with Crippen molar-refractivity contribution in [3.63, 3.8) is 0 Å². The SMILES string of the molecule is COCC(=O)N1C[C@H]2CN(c3ccccc3)C(=O)[C@@H]2C1. The van der Waals surface area contributed by atoms with E-state index in [0.29, 0.717) is 19.6 Å². The van der Waals surface area contributed by atoms with Gasteiger partial charge in [-0.1, -0.05) is 18.2 Å². The number of para-hydroxylation sites is 1. The van der Waals surface area contributed by atoms with Crippen LogP contribution in [0.4, 0.5) is 5.69 Å². The molecule has 2 aliphatic rings. The first-order valence-corrected chi connectivity index (χ1v) is 6.84. The quantitative estimate of drug-likeness (QED) is 0.817. The lowest BCUT2D eigenvalue weighted by molar-refractivity contribution is -0.134. The number of hydrogen-bond donors (Lipinski definition) is 0. The second kappa shape index (κ2) is 5.25. The summed E-state index contributed by atoms with van der Waals surface area (Å²) in [5, 5.41) is 0. The summed E-state index contributed by atoms with van der Waals surface area (Å²) in [6.45, 7) is 1.97. The molecule has 1 aromatic rings. The van der Waals surface area contributed by atoms with Gasteiger partial charge in [-0.25, -0.2) is 0 Å². The zero-order valence-corrected chi connectivity index (χ0v) is 11.5. The summed E-state index contributed by atoms with van der Waals surface area (Å²) in [5.41, 5.74) is 0.946. The fourth-order valence-corrected chi connectivity index (χ4v) is 3.12. The average molecular weight is 274 g/mol. The predicted octanol–water partition coefficient (Wildman–Crippen LogP) is 0.754.